The van der Waals surface area contributed by atoms with Gasteiger partial charge in [-0.25, -0.2) is 0 Å². The maximum absolute atomic E-state index is 12.8. The van der Waals surface area contributed by atoms with Crippen LogP contribution in [0.5, 0.6) is 0 Å². The monoisotopic (exact) mass is 269 g/mol. The van der Waals surface area contributed by atoms with E-state index in [2.05, 4.69) is 10.6 Å². The highest BCUT2D eigenvalue weighted by Gasteiger charge is 2.42. The van der Waals surface area contributed by atoms with Crippen molar-refractivity contribution in [2.24, 2.45) is 5.41 Å². The van der Waals surface area contributed by atoms with Gasteiger partial charge in [0.25, 0.3) is 0 Å². The summed E-state index contributed by atoms with van der Waals surface area (Å²) in [6.45, 7) is 4.91. The van der Waals surface area contributed by atoms with Gasteiger partial charge in [-0.2, -0.15) is 0 Å². The molecule has 0 radical (unpaired) electrons. The maximum Gasteiger partial charge on any atom is 0.244 e. The summed E-state index contributed by atoms with van der Waals surface area (Å²) in [6.07, 6.45) is 1.87. The molecule has 0 aromatic rings. The predicted molar refractivity (Wildman–Crippen MR) is 70.6 cm³/mol. The Morgan fingerprint density at radius 1 is 1.47 bits per heavy atom. The van der Waals surface area contributed by atoms with E-state index in [1.807, 2.05) is 6.92 Å². The number of hydrogen-bond donors (Lipinski definition) is 2. The Bertz CT molecular complexity index is 353. The lowest BCUT2D eigenvalue weighted by Gasteiger charge is -2.42. The summed E-state index contributed by atoms with van der Waals surface area (Å²) in [5.74, 6) is -0.0861. The molecule has 2 heterocycles. The van der Waals surface area contributed by atoms with Gasteiger partial charge < -0.3 is 20.3 Å². The van der Waals surface area contributed by atoms with E-state index in [0.29, 0.717) is 19.7 Å². The highest BCUT2D eigenvalue weighted by atomic mass is 16.5. The van der Waals surface area contributed by atoms with Gasteiger partial charge in [0.1, 0.15) is 6.04 Å². The van der Waals surface area contributed by atoms with Crippen LogP contribution in [0, 0.1) is 5.41 Å². The third-order valence-corrected chi connectivity index (χ3v) is 4.05. The molecule has 6 heteroatoms. The van der Waals surface area contributed by atoms with Crippen molar-refractivity contribution < 1.29 is 14.3 Å². The van der Waals surface area contributed by atoms with Crippen LogP contribution < -0.4 is 10.6 Å². The summed E-state index contributed by atoms with van der Waals surface area (Å²) in [6, 6.07) is -0.495. The van der Waals surface area contributed by atoms with Gasteiger partial charge in [0, 0.05) is 20.1 Å². The molecule has 2 amide bonds. The molecule has 2 unspecified atom stereocenters. The van der Waals surface area contributed by atoms with Gasteiger partial charge in [-0.05, 0) is 26.3 Å². The number of piperidine rings is 1. The van der Waals surface area contributed by atoms with Crippen molar-refractivity contribution in [2.45, 2.75) is 25.8 Å². The topological polar surface area (TPSA) is 70.7 Å². The Balaban J connectivity index is 2.12. The molecule has 6 nitrogen and oxygen atoms in total. The summed E-state index contributed by atoms with van der Waals surface area (Å²) in [4.78, 5) is 26.3. The summed E-state index contributed by atoms with van der Waals surface area (Å²) < 4.78 is 5.34. The second kappa shape index (κ2) is 5.88. The Labute approximate surface area is 113 Å². The van der Waals surface area contributed by atoms with E-state index in [4.69, 9.17) is 4.74 Å². The number of morpholine rings is 1. The minimum atomic E-state index is -0.495. The fourth-order valence-corrected chi connectivity index (χ4v) is 2.82. The molecule has 2 rings (SSSR count). The molecule has 2 aliphatic rings. The number of carbonyl (C=O) groups excluding carboxylic acids is 2. The van der Waals surface area contributed by atoms with E-state index >= 15 is 0 Å². The van der Waals surface area contributed by atoms with Crippen LogP contribution in [0.1, 0.15) is 19.8 Å². The summed E-state index contributed by atoms with van der Waals surface area (Å²) in [7, 11) is 1.59. The average molecular weight is 269 g/mol. The van der Waals surface area contributed by atoms with E-state index in [0.717, 1.165) is 19.4 Å². The number of amides is 2. The van der Waals surface area contributed by atoms with Gasteiger partial charge in [0.2, 0.25) is 11.8 Å². The van der Waals surface area contributed by atoms with E-state index in [1.54, 1.807) is 11.9 Å². The molecule has 0 aliphatic carbocycles. The van der Waals surface area contributed by atoms with Crippen molar-refractivity contribution in [1.29, 1.82) is 0 Å². The first-order chi connectivity index (χ1) is 9.08. The number of hydrogen-bond acceptors (Lipinski definition) is 4. The van der Waals surface area contributed by atoms with Gasteiger partial charge in [0.05, 0.1) is 18.6 Å². The zero-order chi connectivity index (χ0) is 13.9. The number of carbonyl (C=O) groups is 2. The molecule has 2 N–H and O–H groups in total. The number of ether oxygens (including phenoxy) is 1. The lowest BCUT2D eigenvalue weighted by molar-refractivity contribution is -0.156. The van der Waals surface area contributed by atoms with Crippen LogP contribution in [0.15, 0.2) is 0 Å². The largest absolute Gasteiger partial charge is 0.377 e. The lowest BCUT2D eigenvalue weighted by Crippen LogP contribution is -2.60. The van der Waals surface area contributed by atoms with Crippen molar-refractivity contribution in [3.05, 3.63) is 0 Å². The van der Waals surface area contributed by atoms with Gasteiger partial charge in [-0.3, -0.25) is 9.59 Å². The third kappa shape index (κ3) is 2.90. The first-order valence-electron chi connectivity index (χ1n) is 6.89. The minimum Gasteiger partial charge on any atom is -0.377 e. The van der Waals surface area contributed by atoms with Crippen molar-refractivity contribution >= 4 is 11.8 Å². The molecule has 19 heavy (non-hydrogen) atoms. The minimum absolute atomic E-state index is 0.0663. The van der Waals surface area contributed by atoms with Crippen molar-refractivity contribution in [2.75, 3.05) is 39.9 Å². The normalized spacial score (nSPS) is 31.9. The number of nitrogens with zero attached hydrogens (tertiary/aromatic N) is 1. The fourth-order valence-electron chi connectivity index (χ4n) is 2.82. The van der Waals surface area contributed by atoms with Crippen LogP contribution >= 0.6 is 0 Å². The quantitative estimate of drug-likeness (QED) is 0.699. The van der Waals surface area contributed by atoms with E-state index in [-0.39, 0.29) is 18.4 Å². The first kappa shape index (κ1) is 14.3. The second-order valence-corrected chi connectivity index (χ2v) is 5.54. The van der Waals surface area contributed by atoms with Crippen LogP contribution in [-0.2, 0) is 14.3 Å². The smallest absolute Gasteiger partial charge is 0.244 e. The molecular formula is C13H23N3O3. The number of rotatable bonds is 2. The Morgan fingerprint density at radius 3 is 2.89 bits per heavy atom. The molecule has 0 saturated carbocycles. The van der Waals surface area contributed by atoms with E-state index < -0.39 is 11.5 Å². The SMILES string of the molecule is CNC(=O)C1COCCN1C(=O)C1(C)CCCNC1. The summed E-state index contributed by atoms with van der Waals surface area (Å²) in [5.41, 5.74) is -0.401. The maximum atomic E-state index is 12.8. The lowest BCUT2D eigenvalue weighted by atomic mass is 9.81. The molecule has 2 atom stereocenters. The Morgan fingerprint density at radius 2 is 2.26 bits per heavy atom. The van der Waals surface area contributed by atoms with Gasteiger partial charge in [0.15, 0.2) is 0 Å². The average Bonchev–Trinajstić information content (AvgIpc) is 2.46. The van der Waals surface area contributed by atoms with E-state index in [1.165, 1.54) is 0 Å². The fraction of sp³-hybridized carbons (Fsp3) is 0.846. The van der Waals surface area contributed by atoms with Crippen LogP contribution in [0.2, 0.25) is 0 Å². The second-order valence-electron chi connectivity index (χ2n) is 5.54. The molecule has 0 spiro atoms. The van der Waals surface area contributed by atoms with Gasteiger partial charge >= 0.3 is 0 Å². The van der Waals surface area contributed by atoms with Crippen LogP contribution in [0.3, 0.4) is 0 Å². The molecule has 2 aliphatic heterocycles. The summed E-state index contributed by atoms with van der Waals surface area (Å²) >= 11 is 0. The predicted octanol–water partition coefficient (Wildman–Crippen LogP) is -0.650. The van der Waals surface area contributed by atoms with Crippen LogP contribution in [0.4, 0.5) is 0 Å². The molecule has 2 saturated heterocycles. The number of likely N-dealkylation sites (N-methyl/N-ethyl adjacent to an activating group) is 1. The molecule has 2 fully saturated rings. The van der Waals surface area contributed by atoms with Gasteiger partial charge in [-0.1, -0.05) is 0 Å². The first-order valence-corrected chi connectivity index (χ1v) is 6.89. The van der Waals surface area contributed by atoms with Gasteiger partial charge in [-0.15, -0.1) is 0 Å². The highest BCUT2D eigenvalue weighted by molar-refractivity contribution is 5.90. The van der Waals surface area contributed by atoms with Crippen LogP contribution in [0.25, 0.3) is 0 Å². The molecule has 0 bridgehead atoms. The van der Waals surface area contributed by atoms with Crippen LogP contribution in [-0.4, -0.2) is 62.7 Å². The number of nitrogens with one attached hydrogen (secondary N) is 2. The van der Waals surface area contributed by atoms with Crippen molar-refractivity contribution in [3.8, 4) is 0 Å². The molecule has 108 valence electrons. The Kier molecular flexibility index (Phi) is 4.42. The highest BCUT2D eigenvalue weighted by Crippen LogP contribution is 2.29. The molecular weight excluding hydrogens is 246 g/mol. The third-order valence-electron chi connectivity index (χ3n) is 4.05. The van der Waals surface area contributed by atoms with E-state index in [9.17, 15) is 9.59 Å². The zero-order valence-electron chi connectivity index (χ0n) is 11.7. The Hall–Kier alpha value is -1.14. The zero-order valence-corrected chi connectivity index (χ0v) is 11.7. The molecule has 0 aromatic carbocycles. The standard InChI is InChI=1S/C13H23N3O3/c1-13(4-3-5-15-9-13)12(18)16-6-7-19-8-10(16)11(17)14-2/h10,15H,3-9H2,1-2H3,(H,14,17). The molecule has 0 aromatic heterocycles. The van der Waals surface area contributed by atoms with Crippen molar-refractivity contribution in [3.63, 3.8) is 0 Å². The van der Waals surface area contributed by atoms with Crippen molar-refractivity contribution in [1.82, 2.24) is 15.5 Å². The summed E-state index contributed by atoms with van der Waals surface area (Å²) in [5, 5.41) is 5.88.